The molecule has 1 aliphatic heterocycles. The number of likely N-dealkylation sites (tertiary alicyclic amines) is 1. The van der Waals surface area contributed by atoms with Gasteiger partial charge in [-0.05, 0) is 77.3 Å². The van der Waals surface area contributed by atoms with Crippen LogP contribution in [-0.2, 0) is 4.74 Å². The van der Waals surface area contributed by atoms with E-state index in [9.17, 15) is 14.0 Å². The number of piperidine rings is 1. The number of ether oxygens (including phenoxy) is 1. The summed E-state index contributed by atoms with van der Waals surface area (Å²) < 4.78 is 21.8. The quantitative estimate of drug-likeness (QED) is 0.463. The van der Waals surface area contributed by atoms with Crippen LogP contribution in [0.5, 0.6) is 0 Å². The summed E-state index contributed by atoms with van der Waals surface area (Å²) in [4.78, 5) is 33.7. The maximum absolute atomic E-state index is 14.3. The van der Waals surface area contributed by atoms with Gasteiger partial charge in [-0.25, -0.2) is 9.18 Å². The Balaban J connectivity index is 1.76. The zero-order valence-electron chi connectivity index (χ0n) is 21.9. The second kappa shape index (κ2) is 9.91. The van der Waals surface area contributed by atoms with Gasteiger partial charge in [-0.2, -0.15) is 0 Å². The standard InChI is InChI=1S/C28H35FN4O3/c1-18(2)31(6)26(34)22-14-20(29)9-10-24(22)33-17-23(21-11-12-30-15-25(21)33)19-8-7-13-32(16-19)27(35)36-28(3,4)5/h9-12,14-15,17-19H,7-8,13,16H2,1-6H3. The number of aromatic nitrogens is 2. The number of rotatable bonds is 4. The largest absolute Gasteiger partial charge is 0.444 e. The number of nitrogens with zero attached hydrogens (tertiary/aromatic N) is 4. The highest BCUT2D eigenvalue weighted by atomic mass is 19.1. The molecule has 192 valence electrons. The molecular formula is C28H35FN4O3. The molecule has 36 heavy (non-hydrogen) atoms. The van der Waals surface area contributed by atoms with Gasteiger partial charge >= 0.3 is 6.09 Å². The maximum atomic E-state index is 14.3. The highest BCUT2D eigenvalue weighted by Crippen LogP contribution is 2.36. The highest BCUT2D eigenvalue weighted by Gasteiger charge is 2.30. The van der Waals surface area contributed by atoms with E-state index in [0.717, 1.165) is 29.3 Å². The van der Waals surface area contributed by atoms with Gasteiger partial charge in [-0.15, -0.1) is 0 Å². The lowest BCUT2D eigenvalue weighted by molar-refractivity contribution is 0.0198. The first-order valence-electron chi connectivity index (χ1n) is 12.5. The third-order valence-electron chi connectivity index (χ3n) is 6.70. The minimum atomic E-state index is -0.555. The van der Waals surface area contributed by atoms with Crippen LogP contribution in [0.4, 0.5) is 9.18 Å². The molecule has 8 heteroatoms. The average Bonchev–Trinajstić information content (AvgIpc) is 3.21. The van der Waals surface area contributed by atoms with Gasteiger partial charge in [0.25, 0.3) is 5.91 Å². The Kier molecular flexibility index (Phi) is 7.07. The number of fused-ring (bicyclic) bond motifs is 1. The lowest BCUT2D eigenvalue weighted by atomic mass is 9.91. The molecule has 0 radical (unpaired) electrons. The van der Waals surface area contributed by atoms with Gasteiger partial charge in [-0.3, -0.25) is 9.78 Å². The molecule has 0 spiro atoms. The molecule has 1 atom stereocenters. The second-order valence-corrected chi connectivity index (χ2v) is 10.8. The summed E-state index contributed by atoms with van der Waals surface area (Å²) in [7, 11) is 1.72. The third kappa shape index (κ3) is 5.22. The van der Waals surface area contributed by atoms with E-state index >= 15 is 0 Å². The zero-order chi connectivity index (χ0) is 26.2. The van der Waals surface area contributed by atoms with E-state index in [0.29, 0.717) is 18.8 Å². The Hall–Kier alpha value is -3.42. The number of benzene rings is 1. The van der Waals surface area contributed by atoms with Gasteiger partial charge in [0.15, 0.2) is 0 Å². The fourth-order valence-electron chi connectivity index (χ4n) is 4.66. The van der Waals surface area contributed by atoms with E-state index in [-0.39, 0.29) is 29.5 Å². The Bertz CT molecular complexity index is 1280. The molecule has 7 nitrogen and oxygen atoms in total. The summed E-state index contributed by atoms with van der Waals surface area (Å²) in [6.07, 6.45) is 6.99. The molecule has 1 unspecified atom stereocenters. The number of amides is 2. The predicted octanol–water partition coefficient (Wildman–Crippen LogP) is 5.76. The number of carbonyl (C=O) groups excluding carboxylic acids is 2. The van der Waals surface area contributed by atoms with Gasteiger partial charge in [0.2, 0.25) is 0 Å². The average molecular weight is 495 g/mol. The monoisotopic (exact) mass is 494 g/mol. The number of hydrogen-bond donors (Lipinski definition) is 0. The van der Waals surface area contributed by atoms with Crippen LogP contribution < -0.4 is 0 Å². The molecule has 3 heterocycles. The SMILES string of the molecule is CC(C)N(C)C(=O)c1cc(F)ccc1-n1cc(C2CCCN(C(=O)OC(C)(C)C)C2)c2ccncc21. The van der Waals surface area contributed by atoms with Crippen molar-refractivity contribution in [1.29, 1.82) is 0 Å². The molecule has 4 rings (SSSR count). The lowest BCUT2D eigenvalue weighted by Gasteiger charge is -2.34. The second-order valence-electron chi connectivity index (χ2n) is 10.8. The molecule has 0 bridgehead atoms. The number of carbonyl (C=O) groups is 2. The summed E-state index contributed by atoms with van der Waals surface area (Å²) >= 11 is 0. The predicted molar refractivity (Wildman–Crippen MR) is 138 cm³/mol. The highest BCUT2D eigenvalue weighted by molar-refractivity contribution is 5.99. The van der Waals surface area contributed by atoms with Crippen molar-refractivity contribution in [3.05, 3.63) is 59.8 Å². The Morgan fingerprint density at radius 1 is 1.22 bits per heavy atom. The van der Waals surface area contributed by atoms with E-state index in [2.05, 4.69) is 4.98 Å². The molecule has 0 N–H and O–H groups in total. The maximum Gasteiger partial charge on any atom is 0.410 e. The van der Waals surface area contributed by atoms with E-state index in [1.807, 2.05) is 51.4 Å². The van der Waals surface area contributed by atoms with Crippen LogP contribution in [0.1, 0.15) is 69.3 Å². The lowest BCUT2D eigenvalue weighted by Crippen LogP contribution is -2.42. The van der Waals surface area contributed by atoms with Crippen LogP contribution in [0.25, 0.3) is 16.6 Å². The topological polar surface area (TPSA) is 67.7 Å². The molecule has 1 fully saturated rings. The number of halogens is 1. The van der Waals surface area contributed by atoms with Crippen molar-refractivity contribution >= 4 is 22.9 Å². The van der Waals surface area contributed by atoms with Crippen molar-refractivity contribution in [2.75, 3.05) is 20.1 Å². The Labute approximate surface area is 211 Å². The normalized spacial score (nSPS) is 16.4. The first kappa shape index (κ1) is 25.7. The molecule has 1 aliphatic rings. The van der Waals surface area contributed by atoms with Crippen molar-refractivity contribution in [3.8, 4) is 5.69 Å². The van der Waals surface area contributed by atoms with Crippen LogP contribution >= 0.6 is 0 Å². The molecule has 0 saturated carbocycles. The minimum absolute atomic E-state index is 0.0340. The molecule has 2 amide bonds. The van der Waals surface area contributed by atoms with Gasteiger partial charge in [0.05, 0.1) is 23.0 Å². The molecule has 0 aliphatic carbocycles. The number of pyridine rings is 1. The van der Waals surface area contributed by atoms with Crippen molar-refractivity contribution in [2.45, 2.75) is 65.0 Å². The Morgan fingerprint density at radius 3 is 2.67 bits per heavy atom. The Morgan fingerprint density at radius 2 is 1.97 bits per heavy atom. The molecular weight excluding hydrogens is 459 g/mol. The molecule has 3 aromatic rings. The molecule has 1 aromatic carbocycles. The minimum Gasteiger partial charge on any atom is -0.444 e. The summed E-state index contributed by atoms with van der Waals surface area (Å²) in [6.45, 7) is 10.6. The van der Waals surface area contributed by atoms with Crippen LogP contribution in [0.2, 0.25) is 0 Å². The van der Waals surface area contributed by atoms with Gasteiger partial charge in [0.1, 0.15) is 11.4 Å². The van der Waals surface area contributed by atoms with Gasteiger partial charge in [-0.1, -0.05) is 0 Å². The summed E-state index contributed by atoms with van der Waals surface area (Å²) in [5, 5.41) is 1.00. The van der Waals surface area contributed by atoms with Crippen LogP contribution in [0.15, 0.2) is 42.9 Å². The van der Waals surface area contributed by atoms with Crippen LogP contribution in [0, 0.1) is 5.82 Å². The van der Waals surface area contributed by atoms with Gasteiger partial charge in [0, 0.05) is 49.9 Å². The van der Waals surface area contributed by atoms with Crippen molar-refractivity contribution in [1.82, 2.24) is 19.4 Å². The van der Waals surface area contributed by atoms with E-state index < -0.39 is 11.4 Å². The summed E-state index contributed by atoms with van der Waals surface area (Å²) in [5.74, 6) is -0.620. The fraction of sp³-hybridized carbons (Fsp3) is 0.464. The first-order chi connectivity index (χ1) is 17.0. The van der Waals surface area contributed by atoms with E-state index in [1.165, 1.54) is 12.1 Å². The van der Waals surface area contributed by atoms with Crippen molar-refractivity contribution in [3.63, 3.8) is 0 Å². The number of hydrogen-bond acceptors (Lipinski definition) is 4. The van der Waals surface area contributed by atoms with Crippen LogP contribution in [-0.4, -0.2) is 63.1 Å². The molecule has 2 aromatic heterocycles. The molecule has 1 saturated heterocycles. The fourth-order valence-corrected chi connectivity index (χ4v) is 4.66. The smallest absolute Gasteiger partial charge is 0.410 e. The van der Waals surface area contributed by atoms with Crippen LogP contribution in [0.3, 0.4) is 0 Å². The zero-order valence-corrected chi connectivity index (χ0v) is 21.9. The van der Waals surface area contributed by atoms with E-state index in [1.54, 1.807) is 35.3 Å². The third-order valence-corrected chi connectivity index (χ3v) is 6.70. The summed E-state index contributed by atoms with van der Waals surface area (Å²) in [5.41, 5.74) is 2.23. The van der Waals surface area contributed by atoms with E-state index in [4.69, 9.17) is 4.74 Å². The summed E-state index contributed by atoms with van der Waals surface area (Å²) in [6, 6.07) is 6.23. The van der Waals surface area contributed by atoms with Crippen molar-refractivity contribution in [2.24, 2.45) is 0 Å². The van der Waals surface area contributed by atoms with Crippen molar-refractivity contribution < 1.29 is 18.7 Å². The van der Waals surface area contributed by atoms with Gasteiger partial charge < -0.3 is 19.1 Å². The first-order valence-corrected chi connectivity index (χ1v) is 12.5.